The van der Waals surface area contributed by atoms with E-state index in [4.69, 9.17) is 9.47 Å². The first-order chi connectivity index (χ1) is 11.9. The SMILES string of the molecule is C=C1C(=O)O[C@H]2/C=C(\C)CC/C=C(\CO)C[C@@H](OC(=O)[C@H](C)CC)[C@@H]12. The van der Waals surface area contributed by atoms with Crippen molar-refractivity contribution in [2.24, 2.45) is 11.8 Å². The Morgan fingerprint density at radius 3 is 2.88 bits per heavy atom. The molecule has 0 amide bonds. The van der Waals surface area contributed by atoms with Crippen molar-refractivity contribution in [3.05, 3.63) is 35.5 Å². The summed E-state index contributed by atoms with van der Waals surface area (Å²) in [7, 11) is 0. The Balaban J connectivity index is 2.37. The molecule has 5 heteroatoms. The van der Waals surface area contributed by atoms with Crippen molar-refractivity contribution < 1.29 is 24.2 Å². The first-order valence-corrected chi connectivity index (χ1v) is 8.93. The Kier molecular flexibility index (Phi) is 6.59. The highest BCUT2D eigenvalue weighted by Crippen LogP contribution is 2.36. The zero-order valence-electron chi connectivity index (χ0n) is 15.3. The molecule has 0 radical (unpaired) electrons. The van der Waals surface area contributed by atoms with Gasteiger partial charge < -0.3 is 14.6 Å². The van der Waals surface area contributed by atoms with Gasteiger partial charge in [0.1, 0.15) is 12.2 Å². The number of rotatable bonds is 4. The lowest BCUT2D eigenvalue weighted by Gasteiger charge is -2.28. The van der Waals surface area contributed by atoms with Crippen LogP contribution >= 0.6 is 0 Å². The van der Waals surface area contributed by atoms with Crippen LogP contribution in [0.5, 0.6) is 0 Å². The molecule has 0 aromatic carbocycles. The van der Waals surface area contributed by atoms with Gasteiger partial charge in [-0.15, -0.1) is 0 Å². The van der Waals surface area contributed by atoms with Gasteiger partial charge in [-0.25, -0.2) is 4.79 Å². The minimum Gasteiger partial charge on any atom is -0.461 e. The fourth-order valence-corrected chi connectivity index (χ4v) is 3.19. The molecule has 0 unspecified atom stereocenters. The molecule has 1 saturated heterocycles. The quantitative estimate of drug-likeness (QED) is 0.480. The van der Waals surface area contributed by atoms with E-state index in [0.717, 1.165) is 24.0 Å². The van der Waals surface area contributed by atoms with Crippen molar-refractivity contribution >= 4 is 11.9 Å². The van der Waals surface area contributed by atoms with Gasteiger partial charge in [-0.2, -0.15) is 0 Å². The summed E-state index contributed by atoms with van der Waals surface area (Å²) in [6, 6.07) is 0. The molecule has 2 rings (SSSR count). The number of hydrogen-bond acceptors (Lipinski definition) is 5. The third-order valence-electron chi connectivity index (χ3n) is 5.03. The summed E-state index contributed by atoms with van der Waals surface area (Å²) in [5, 5.41) is 9.66. The Hall–Kier alpha value is -1.88. The van der Waals surface area contributed by atoms with Gasteiger partial charge in [0.05, 0.1) is 18.4 Å². The van der Waals surface area contributed by atoms with E-state index in [9.17, 15) is 14.7 Å². The van der Waals surface area contributed by atoms with Gasteiger partial charge in [-0.05, 0) is 37.8 Å². The molecule has 0 aromatic rings. The van der Waals surface area contributed by atoms with Crippen LogP contribution in [0.1, 0.15) is 46.5 Å². The Bertz CT molecular complexity index is 601. The standard InChI is InChI=1S/C20H28O5/c1-5-13(3)19(22)24-17-10-15(11-21)8-6-7-12(2)9-16-18(17)14(4)20(23)25-16/h8-9,13,16-18,21H,4-7,10-11H2,1-3H3/b12-9+,15-8-/t13-,16+,17-,18+/m1/s1. The van der Waals surface area contributed by atoms with Crippen LogP contribution in [0.4, 0.5) is 0 Å². The lowest BCUT2D eigenvalue weighted by molar-refractivity contribution is -0.156. The largest absolute Gasteiger partial charge is 0.461 e. The van der Waals surface area contributed by atoms with Crippen molar-refractivity contribution in [2.75, 3.05) is 6.61 Å². The fraction of sp³-hybridized carbons (Fsp3) is 0.600. The number of carbonyl (C=O) groups excluding carboxylic acids is 2. The summed E-state index contributed by atoms with van der Waals surface area (Å²) >= 11 is 0. The van der Waals surface area contributed by atoms with Crippen molar-refractivity contribution in [3.63, 3.8) is 0 Å². The lowest BCUT2D eigenvalue weighted by atomic mass is 9.85. The van der Waals surface area contributed by atoms with Crippen molar-refractivity contribution in [2.45, 2.75) is 58.7 Å². The highest BCUT2D eigenvalue weighted by molar-refractivity contribution is 5.91. The van der Waals surface area contributed by atoms with Crippen molar-refractivity contribution in [1.82, 2.24) is 0 Å². The number of aliphatic hydroxyl groups excluding tert-OH is 1. The molecule has 1 fully saturated rings. The maximum absolute atomic E-state index is 12.4. The number of carbonyl (C=O) groups is 2. The molecular formula is C20H28O5. The van der Waals surface area contributed by atoms with E-state index < -0.39 is 24.1 Å². The van der Waals surface area contributed by atoms with Gasteiger partial charge >= 0.3 is 11.9 Å². The molecule has 138 valence electrons. The van der Waals surface area contributed by atoms with Gasteiger partial charge in [-0.3, -0.25) is 4.79 Å². The van der Waals surface area contributed by atoms with Crippen LogP contribution < -0.4 is 0 Å². The summed E-state index contributed by atoms with van der Waals surface area (Å²) in [6.07, 6.45) is 5.54. The maximum Gasteiger partial charge on any atom is 0.334 e. The topological polar surface area (TPSA) is 72.8 Å². The molecule has 0 aromatic heterocycles. The zero-order valence-corrected chi connectivity index (χ0v) is 15.3. The molecule has 0 bridgehead atoms. The minimum atomic E-state index is -0.578. The highest BCUT2D eigenvalue weighted by Gasteiger charge is 2.44. The summed E-state index contributed by atoms with van der Waals surface area (Å²) in [4.78, 5) is 24.4. The number of esters is 2. The summed E-state index contributed by atoms with van der Waals surface area (Å²) in [5.41, 5.74) is 2.23. The number of hydrogen-bond donors (Lipinski definition) is 1. The molecule has 25 heavy (non-hydrogen) atoms. The van der Waals surface area contributed by atoms with Crippen molar-refractivity contribution in [1.29, 1.82) is 0 Å². The van der Waals surface area contributed by atoms with Crippen LogP contribution in [0.25, 0.3) is 0 Å². The Morgan fingerprint density at radius 1 is 1.52 bits per heavy atom. The smallest absolute Gasteiger partial charge is 0.334 e. The molecule has 1 heterocycles. The average molecular weight is 348 g/mol. The number of ether oxygens (including phenoxy) is 2. The van der Waals surface area contributed by atoms with Gasteiger partial charge in [0.2, 0.25) is 0 Å². The number of fused-ring (bicyclic) bond motifs is 1. The van der Waals surface area contributed by atoms with Crippen LogP contribution in [0, 0.1) is 11.8 Å². The molecule has 0 saturated carbocycles. The van der Waals surface area contributed by atoms with Crippen LogP contribution in [-0.2, 0) is 19.1 Å². The van der Waals surface area contributed by atoms with Crippen LogP contribution in [0.3, 0.4) is 0 Å². The molecule has 1 aliphatic carbocycles. The van der Waals surface area contributed by atoms with Gasteiger partial charge in [-0.1, -0.05) is 32.1 Å². The molecule has 1 N–H and O–H groups in total. The van der Waals surface area contributed by atoms with E-state index in [2.05, 4.69) is 6.58 Å². The van der Waals surface area contributed by atoms with Crippen LogP contribution in [0.15, 0.2) is 35.5 Å². The molecule has 2 aliphatic rings. The lowest BCUT2D eigenvalue weighted by Crippen LogP contribution is -2.35. The minimum absolute atomic E-state index is 0.0984. The Labute approximate surface area is 149 Å². The molecule has 0 spiro atoms. The van der Waals surface area contributed by atoms with Crippen molar-refractivity contribution in [3.8, 4) is 0 Å². The molecular weight excluding hydrogens is 320 g/mol. The van der Waals surface area contributed by atoms with E-state index in [1.54, 1.807) is 0 Å². The second kappa shape index (κ2) is 8.48. The number of allylic oxidation sites excluding steroid dienone is 2. The monoisotopic (exact) mass is 348 g/mol. The van der Waals surface area contributed by atoms with Gasteiger partial charge in [0.15, 0.2) is 0 Å². The second-order valence-corrected chi connectivity index (χ2v) is 6.98. The van der Waals surface area contributed by atoms with Crippen LogP contribution in [0.2, 0.25) is 0 Å². The average Bonchev–Trinajstić information content (AvgIpc) is 2.85. The highest BCUT2D eigenvalue weighted by atomic mass is 16.6. The molecule has 1 aliphatic heterocycles. The van der Waals surface area contributed by atoms with Gasteiger partial charge in [0, 0.05) is 12.0 Å². The van der Waals surface area contributed by atoms with E-state index in [0.29, 0.717) is 18.4 Å². The molecule has 5 nitrogen and oxygen atoms in total. The van der Waals surface area contributed by atoms with E-state index in [1.165, 1.54) is 0 Å². The van der Waals surface area contributed by atoms with Crippen LogP contribution in [-0.4, -0.2) is 35.9 Å². The van der Waals surface area contributed by atoms with E-state index >= 15 is 0 Å². The summed E-state index contributed by atoms with van der Waals surface area (Å²) in [6.45, 7) is 9.50. The first kappa shape index (κ1) is 19.4. The Morgan fingerprint density at radius 2 is 2.24 bits per heavy atom. The van der Waals surface area contributed by atoms with E-state index in [1.807, 2.05) is 32.9 Å². The number of aliphatic hydroxyl groups is 1. The predicted molar refractivity (Wildman–Crippen MR) is 94.6 cm³/mol. The maximum atomic E-state index is 12.4. The summed E-state index contributed by atoms with van der Waals surface area (Å²) < 4.78 is 11.2. The predicted octanol–water partition coefficient (Wildman–Crippen LogP) is 3.09. The third-order valence-corrected chi connectivity index (χ3v) is 5.03. The summed E-state index contributed by atoms with van der Waals surface area (Å²) in [5.74, 6) is -1.40. The van der Waals surface area contributed by atoms with E-state index in [-0.39, 0.29) is 18.5 Å². The normalized spacial score (nSPS) is 32.6. The zero-order chi connectivity index (χ0) is 18.6. The van der Waals surface area contributed by atoms with Gasteiger partial charge in [0.25, 0.3) is 0 Å². The third kappa shape index (κ3) is 4.60. The molecule has 4 atom stereocenters. The first-order valence-electron chi connectivity index (χ1n) is 8.93. The fourth-order valence-electron chi connectivity index (χ4n) is 3.19. The second-order valence-electron chi connectivity index (χ2n) is 6.98.